The van der Waals surface area contributed by atoms with Crippen LogP contribution >= 0.6 is 0 Å². The summed E-state index contributed by atoms with van der Waals surface area (Å²) in [5.41, 5.74) is 1.19. The summed E-state index contributed by atoms with van der Waals surface area (Å²) in [6.07, 6.45) is 6.35. The van der Waals surface area contributed by atoms with Crippen LogP contribution in [0.5, 0.6) is 0 Å². The van der Waals surface area contributed by atoms with E-state index in [1.54, 1.807) is 12.5 Å². The Kier molecular flexibility index (Phi) is 5.63. The van der Waals surface area contributed by atoms with E-state index >= 15 is 0 Å². The van der Waals surface area contributed by atoms with Gasteiger partial charge in [-0.1, -0.05) is 13.0 Å². The molecule has 1 aromatic heterocycles. The zero-order chi connectivity index (χ0) is 12.0. The van der Waals surface area contributed by atoms with Crippen LogP contribution in [0.4, 0.5) is 0 Å². The molecule has 4 heteroatoms. The highest BCUT2D eigenvalue weighted by molar-refractivity contribution is 7.84. The first-order valence-electron chi connectivity index (χ1n) is 5.56. The van der Waals surface area contributed by atoms with Crippen LogP contribution in [0.15, 0.2) is 24.5 Å². The summed E-state index contributed by atoms with van der Waals surface area (Å²) in [7, 11) is -0.722. The van der Waals surface area contributed by atoms with E-state index in [0.29, 0.717) is 6.04 Å². The minimum absolute atomic E-state index is 0.258. The number of rotatable bonds is 6. The van der Waals surface area contributed by atoms with E-state index in [1.807, 2.05) is 19.2 Å². The van der Waals surface area contributed by atoms with Gasteiger partial charge in [0.1, 0.15) is 0 Å². The SMILES string of the molecule is CC(NCCC(C)S(C)=O)c1cccnc1. The van der Waals surface area contributed by atoms with Gasteiger partial charge in [-0.15, -0.1) is 0 Å². The van der Waals surface area contributed by atoms with Crippen LogP contribution in [0, 0.1) is 0 Å². The third kappa shape index (κ3) is 4.41. The molecule has 0 spiro atoms. The second-order valence-electron chi connectivity index (χ2n) is 4.06. The Balaban J connectivity index is 2.31. The Labute approximate surface area is 100 Å². The smallest absolute Gasteiger partial charge is 0.0329 e. The summed E-state index contributed by atoms with van der Waals surface area (Å²) < 4.78 is 11.2. The number of nitrogens with zero attached hydrogens (tertiary/aromatic N) is 1. The highest BCUT2D eigenvalue weighted by Gasteiger charge is 2.08. The third-order valence-corrected chi connectivity index (χ3v) is 4.12. The maximum Gasteiger partial charge on any atom is 0.0329 e. The summed E-state index contributed by atoms with van der Waals surface area (Å²) in [6.45, 7) is 5.02. The molecule has 1 heterocycles. The normalized spacial score (nSPS) is 16.7. The van der Waals surface area contributed by atoms with Crippen molar-refractivity contribution in [2.24, 2.45) is 0 Å². The summed E-state index contributed by atoms with van der Waals surface area (Å²) in [4.78, 5) is 4.09. The van der Waals surface area contributed by atoms with E-state index in [0.717, 1.165) is 13.0 Å². The number of pyridine rings is 1. The molecular weight excluding hydrogens is 220 g/mol. The Morgan fingerprint density at radius 1 is 1.50 bits per heavy atom. The van der Waals surface area contributed by atoms with E-state index in [9.17, 15) is 4.21 Å². The largest absolute Gasteiger partial charge is 0.310 e. The molecule has 0 fully saturated rings. The van der Waals surface area contributed by atoms with Crippen molar-refractivity contribution in [2.45, 2.75) is 31.6 Å². The topological polar surface area (TPSA) is 42.0 Å². The standard InChI is InChI=1S/C12H20N2OS/c1-10(16(3)15)6-8-14-11(2)12-5-4-7-13-9-12/h4-5,7,9-11,14H,6,8H2,1-3H3. The van der Waals surface area contributed by atoms with Crippen LogP contribution in [-0.2, 0) is 10.8 Å². The highest BCUT2D eigenvalue weighted by Crippen LogP contribution is 2.09. The maximum absolute atomic E-state index is 11.2. The van der Waals surface area contributed by atoms with Gasteiger partial charge >= 0.3 is 0 Å². The second kappa shape index (κ2) is 6.76. The lowest BCUT2D eigenvalue weighted by Crippen LogP contribution is -2.24. The summed E-state index contributed by atoms with van der Waals surface area (Å²) in [5.74, 6) is 0. The average molecular weight is 240 g/mol. The Morgan fingerprint density at radius 2 is 2.25 bits per heavy atom. The summed E-state index contributed by atoms with van der Waals surface area (Å²) in [5, 5.41) is 3.67. The number of nitrogens with one attached hydrogen (secondary N) is 1. The minimum atomic E-state index is -0.722. The van der Waals surface area contributed by atoms with Crippen molar-refractivity contribution < 1.29 is 4.21 Å². The van der Waals surface area contributed by atoms with Crippen molar-refractivity contribution in [3.05, 3.63) is 30.1 Å². The number of hydrogen-bond acceptors (Lipinski definition) is 3. The zero-order valence-corrected chi connectivity index (χ0v) is 11.0. The van der Waals surface area contributed by atoms with Gasteiger partial charge in [0.25, 0.3) is 0 Å². The molecule has 0 aliphatic rings. The number of hydrogen-bond donors (Lipinski definition) is 1. The van der Waals surface area contributed by atoms with Crippen molar-refractivity contribution in [1.29, 1.82) is 0 Å². The van der Waals surface area contributed by atoms with Crippen LogP contribution in [-0.4, -0.2) is 27.2 Å². The molecule has 3 unspecified atom stereocenters. The molecule has 0 saturated heterocycles. The van der Waals surface area contributed by atoms with Gasteiger partial charge in [-0.3, -0.25) is 9.19 Å². The molecule has 0 bridgehead atoms. The second-order valence-corrected chi connectivity index (χ2v) is 5.86. The van der Waals surface area contributed by atoms with Gasteiger partial charge < -0.3 is 5.32 Å². The van der Waals surface area contributed by atoms with Gasteiger partial charge in [0, 0.05) is 40.7 Å². The zero-order valence-electron chi connectivity index (χ0n) is 10.1. The molecule has 0 aromatic carbocycles. The number of aromatic nitrogens is 1. The van der Waals surface area contributed by atoms with Gasteiger partial charge in [-0.2, -0.15) is 0 Å². The molecule has 0 amide bonds. The first-order valence-corrected chi connectivity index (χ1v) is 7.19. The van der Waals surface area contributed by atoms with E-state index in [4.69, 9.17) is 0 Å². The quantitative estimate of drug-likeness (QED) is 0.825. The molecular formula is C12H20N2OS. The van der Waals surface area contributed by atoms with Crippen molar-refractivity contribution in [3.63, 3.8) is 0 Å². The van der Waals surface area contributed by atoms with Crippen molar-refractivity contribution >= 4 is 10.8 Å². The summed E-state index contributed by atoms with van der Waals surface area (Å²) in [6, 6.07) is 4.30. The highest BCUT2D eigenvalue weighted by atomic mass is 32.2. The fraction of sp³-hybridized carbons (Fsp3) is 0.583. The van der Waals surface area contributed by atoms with Gasteiger partial charge in [-0.05, 0) is 31.5 Å². The third-order valence-electron chi connectivity index (χ3n) is 2.75. The molecule has 0 aliphatic carbocycles. The lowest BCUT2D eigenvalue weighted by atomic mass is 10.1. The molecule has 1 N–H and O–H groups in total. The first kappa shape index (κ1) is 13.3. The molecule has 3 nitrogen and oxygen atoms in total. The minimum Gasteiger partial charge on any atom is -0.310 e. The molecule has 16 heavy (non-hydrogen) atoms. The summed E-state index contributed by atoms with van der Waals surface area (Å²) >= 11 is 0. The van der Waals surface area contributed by atoms with E-state index in [-0.39, 0.29) is 5.25 Å². The van der Waals surface area contributed by atoms with Crippen LogP contribution in [0.2, 0.25) is 0 Å². The predicted molar refractivity (Wildman–Crippen MR) is 68.8 cm³/mol. The van der Waals surface area contributed by atoms with Crippen molar-refractivity contribution in [1.82, 2.24) is 10.3 Å². The molecule has 0 radical (unpaired) electrons. The molecule has 3 atom stereocenters. The van der Waals surface area contributed by atoms with Crippen molar-refractivity contribution in [3.8, 4) is 0 Å². The van der Waals surface area contributed by atoms with Crippen LogP contribution in [0.1, 0.15) is 31.9 Å². The average Bonchev–Trinajstić information content (AvgIpc) is 2.29. The van der Waals surface area contributed by atoms with E-state index in [1.165, 1.54) is 5.56 Å². The molecule has 0 aliphatic heterocycles. The molecule has 1 rings (SSSR count). The molecule has 1 aromatic rings. The van der Waals surface area contributed by atoms with Crippen LogP contribution in [0.3, 0.4) is 0 Å². The van der Waals surface area contributed by atoms with Gasteiger partial charge in [0.15, 0.2) is 0 Å². The van der Waals surface area contributed by atoms with E-state index in [2.05, 4.69) is 23.3 Å². The van der Waals surface area contributed by atoms with Gasteiger partial charge in [0.05, 0.1) is 0 Å². The maximum atomic E-state index is 11.2. The molecule has 0 saturated carbocycles. The van der Waals surface area contributed by atoms with Gasteiger partial charge in [0.2, 0.25) is 0 Å². The lowest BCUT2D eigenvalue weighted by Gasteiger charge is -2.15. The fourth-order valence-electron chi connectivity index (χ4n) is 1.42. The first-order chi connectivity index (χ1) is 7.61. The Hall–Kier alpha value is -0.740. The van der Waals surface area contributed by atoms with Crippen molar-refractivity contribution in [2.75, 3.05) is 12.8 Å². The Bertz CT molecular complexity index is 329. The van der Waals surface area contributed by atoms with Crippen LogP contribution in [0.25, 0.3) is 0 Å². The van der Waals surface area contributed by atoms with E-state index < -0.39 is 10.8 Å². The fourth-order valence-corrected chi connectivity index (χ4v) is 1.87. The Morgan fingerprint density at radius 3 is 2.81 bits per heavy atom. The van der Waals surface area contributed by atoms with Gasteiger partial charge in [-0.25, -0.2) is 0 Å². The lowest BCUT2D eigenvalue weighted by molar-refractivity contribution is 0.552. The predicted octanol–water partition coefficient (Wildman–Crippen LogP) is 1.89. The van der Waals surface area contributed by atoms with Crippen LogP contribution < -0.4 is 5.32 Å². The molecule has 90 valence electrons. The monoisotopic (exact) mass is 240 g/mol.